The van der Waals surface area contributed by atoms with Crippen LogP contribution in [0.5, 0.6) is 0 Å². The van der Waals surface area contributed by atoms with Gasteiger partial charge in [0.15, 0.2) is 0 Å². The predicted molar refractivity (Wildman–Crippen MR) is 111 cm³/mol. The number of nitrogens with one attached hydrogen (secondary N) is 1. The molecule has 4 rings (SSSR count). The standard InChI is InChI=1S/C23H22N2S/c1-16-10-12-19(13-11-16)23-25-20(15-26-23)14-24-17(2)21-9-5-7-18-6-3-4-8-22(18)21/h3-13,15,17,24H,14H2,1-2H3/t17-/m1/s1. The molecule has 4 aromatic rings. The van der Waals surface area contributed by atoms with Crippen molar-refractivity contribution in [1.29, 1.82) is 0 Å². The molecule has 0 aliphatic heterocycles. The van der Waals surface area contributed by atoms with Crippen LogP contribution in [0.3, 0.4) is 0 Å². The molecule has 0 aliphatic carbocycles. The second-order valence-electron chi connectivity index (χ2n) is 6.68. The van der Waals surface area contributed by atoms with E-state index >= 15 is 0 Å². The van der Waals surface area contributed by atoms with Crippen molar-refractivity contribution in [3.05, 3.63) is 88.9 Å². The van der Waals surface area contributed by atoms with E-state index in [2.05, 4.69) is 91.3 Å². The summed E-state index contributed by atoms with van der Waals surface area (Å²) in [6, 6.07) is 23.9. The molecule has 3 heteroatoms. The van der Waals surface area contributed by atoms with Crippen molar-refractivity contribution >= 4 is 22.1 Å². The van der Waals surface area contributed by atoms with Gasteiger partial charge < -0.3 is 5.32 Å². The highest BCUT2D eigenvalue weighted by Gasteiger charge is 2.10. The predicted octanol–water partition coefficient (Wildman–Crippen LogP) is 6.12. The average molecular weight is 359 g/mol. The maximum absolute atomic E-state index is 4.79. The molecule has 0 fully saturated rings. The average Bonchev–Trinajstić information content (AvgIpc) is 3.15. The Morgan fingerprint density at radius 1 is 0.962 bits per heavy atom. The van der Waals surface area contributed by atoms with Crippen LogP contribution in [0, 0.1) is 6.92 Å². The fourth-order valence-corrected chi connectivity index (χ4v) is 4.04. The minimum Gasteiger partial charge on any atom is -0.305 e. The van der Waals surface area contributed by atoms with Crippen LogP contribution in [0.2, 0.25) is 0 Å². The molecule has 0 amide bonds. The molecule has 0 bridgehead atoms. The monoisotopic (exact) mass is 358 g/mol. The second kappa shape index (κ2) is 7.40. The molecule has 0 unspecified atom stereocenters. The lowest BCUT2D eigenvalue weighted by atomic mass is 10.00. The number of thiazole rings is 1. The number of rotatable bonds is 5. The molecule has 26 heavy (non-hydrogen) atoms. The third kappa shape index (κ3) is 3.55. The van der Waals surface area contributed by atoms with Gasteiger partial charge >= 0.3 is 0 Å². The van der Waals surface area contributed by atoms with Crippen molar-refractivity contribution in [3.63, 3.8) is 0 Å². The summed E-state index contributed by atoms with van der Waals surface area (Å²) >= 11 is 1.71. The van der Waals surface area contributed by atoms with Gasteiger partial charge in [-0.3, -0.25) is 0 Å². The summed E-state index contributed by atoms with van der Waals surface area (Å²) < 4.78 is 0. The van der Waals surface area contributed by atoms with Gasteiger partial charge in [-0.15, -0.1) is 11.3 Å². The summed E-state index contributed by atoms with van der Waals surface area (Å²) in [5, 5.41) is 9.46. The van der Waals surface area contributed by atoms with Crippen molar-refractivity contribution in [2.75, 3.05) is 0 Å². The number of aryl methyl sites for hydroxylation is 1. The molecular formula is C23H22N2S. The quantitative estimate of drug-likeness (QED) is 0.465. The first kappa shape index (κ1) is 17.0. The summed E-state index contributed by atoms with van der Waals surface area (Å²) in [6.45, 7) is 5.09. The lowest BCUT2D eigenvalue weighted by Crippen LogP contribution is -2.18. The molecule has 2 nitrogen and oxygen atoms in total. The number of benzene rings is 3. The largest absolute Gasteiger partial charge is 0.305 e. The molecule has 0 saturated carbocycles. The van der Waals surface area contributed by atoms with Crippen LogP contribution >= 0.6 is 11.3 Å². The maximum atomic E-state index is 4.79. The Hall–Kier alpha value is -2.49. The summed E-state index contributed by atoms with van der Waals surface area (Å²) in [4.78, 5) is 4.79. The van der Waals surface area contributed by atoms with Crippen LogP contribution in [0.25, 0.3) is 21.3 Å². The molecule has 1 atom stereocenters. The summed E-state index contributed by atoms with van der Waals surface area (Å²) in [6.07, 6.45) is 0. The normalized spacial score (nSPS) is 12.4. The molecular weight excluding hydrogens is 336 g/mol. The highest BCUT2D eigenvalue weighted by atomic mass is 32.1. The summed E-state index contributed by atoms with van der Waals surface area (Å²) in [5.74, 6) is 0. The zero-order valence-corrected chi connectivity index (χ0v) is 15.9. The number of aromatic nitrogens is 1. The molecule has 130 valence electrons. The Morgan fingerprint density at radius 2 is 1.73 bits per heavy atom. The summed E-state index contributed by atoms with van der Waals surface area (Å²) in [7, 11) is 0. The van der Waals surface area contributed by atoms with Crippen LogP contribution in [-0.2, 0) is 6.54 Å². The molecule has 3 aromatic carbocycles. The van der Waals surface area contributed by atoms with E-state index in [0.717, 1.165) is 17.2 Å². The van der Waals surface area contributed by atoms with E-state index in [0.29, 0.717) is 0 Å². The molecule has 1 aromatic heterocycles. The Kier molecular flexibility index (Phi) is 4.83. The highest BCUT2D eigenvalue weighted by Crippen LogP contribution is 2.26. The van der Waals surface area contributed by atoms with Crippen LogP contribution in [-0.4, -0.2) is 4.98 Å². The molecule has 0 radical (unpaired) electrons. The lowest BCUT2D eigenvalue weighted by molar-refractivity contribution is 0.572. The van der Waals surface area contributed by atoms with E-state index in [9.17, 15) is 0 Å². The van der Waals surface area contributed by atoms with Gasteiger partial charge in [0, 0.05) is 23.5 Å². The Balaban J connectivity index is 1.48. The van der Waals surface area contributed by atoms with Gasteiger partial charge in [0.2, 0.25) is 0 Å². The smallest absolute Gasteiger partial charge is 0.123 e. The molecule has 0 saturated heterocycles. The Morgan fingerprint density at radius 3 is 2.58 bits per heavy atom. The number of hydrogen-bond acceptors (Lipinski definition) is 3. The number of hydrogen-bond donors (Lipinski definition) is 1. The first-order valence-electron chi connectivity index (χ1n) is 8.93. The van der Waals surface area contributed by atoms with Gasteiger partial charge in [0.05, 0.1) is 5.69 Å². The number of nitrogens with zero attached hydrogens (tertiary/aromatic N) is 1. The lowest BCUT2D eigenvalue weighted by Gasteiger charge is -2.16. The minimum absolute atomic E-state index is 0.269. The van der Waals surface area contributed by atoms with Crippen molar-refractivity contribution in [2.24, 2.45) is 0 Å². The Labute approximate surface area is 158 Å². The van der Waals surface area contributed by atoms with Crippen LogP contribution < -0.4 is 5.32 Å². The minimum atomic E-state index is 0.269. The van der Waals surface area contributed by atoms with E-state index in [4.69, 9.17) is 4.98 Å². The third-order valence-electron chi connectivity index (χ3n) is 4.73. The molecule has 0 aliphatic rings. The topological polar surface area (TPSA) is 24.9 Å². The van der Waals surface area contributed by atoms with Gasteiger partial charge in [0.1, 0.15) is 5.01 Å². The van der Waals surface area contributed by atoms with Gasteiger partial charge in [-0.2, -0.15) is 0 Å². The SMILES string of the molecule is Cc1ccc(-c2nc(CN[C@H](C)c3cccc4ccccc34)cs2)cc1. The Bertz CT molecular complexity index is 1010. The van der Waals surface area contributed by atoms with Crippen molar-refractivity contribution in [1.82, 2.24) is 10.3 Å². The van der Waals surface area contributed by atoms with E-state index in [1.165, 1.54) is 27.5 Å². The van der Waals surface area contributed by atoms with Gasteiger partial charge in [-0.1, -0.05) is 72.3 Å². The number of fused-ring (bicyclic) bond motifs is 1. The van der Waals surface area contributed by atoms with Crippen molar-refractivity contribution < 1.29 is 0 Å². The van der Waals surface area contributed by atoms with Crippen LogP contribution in [0.15, 0.2) is 72.1 Å². The van der Waals surface area contributed by atoms with E-state index in [1.807, 2.05) is 0 Å². The van der Waals surface area contributed by atoms with Crippen LogP contribution in [0.1, 0.15) is 29.8 Å². The van der Waals surface area contributed by atoms with Gasteiger partial charge in [0.25, 0.3) is 0 Å². The van der Waals surface area contributed by atoms with Crippen molar-refractivity contribution in [3.8, 4) is 10.6 Å². The zero-order chi connectivity index (χ0) is 17.9. The van der Waals surface area contributed by atoms with E-state index < -0.39 is 0 Å². The molecule has 1 heterocycles. The fourth-order valence-electron chi connectivity index (χ4n) is 3.21. The fraction of sp³-hybridized carbons (Fsp3) is 0.174. The van der Waals surface area contributed by atoms with E-state index in [1.54, 1.807) is 11.3 Å². The first-order valence-corrected chi connectivity index (χ1v) is 9.81. The zero-order valence-electron chi connectivity index (χ0n) is 15.1. The van der Waals surface area contributed by atoms with E-state index in [-0.39, 0.29) is 6.04 Å². The molecule has 1 N–H and O–H groups in total. The van der Waals surface area contributed by atoms with Gasteiger partial charge in [-0.25, -0.2) is 4.98 Å². The third-order valence-corrected chi connectivity index (χ3v) is 5.67. The highest BCUT2D eigenvalue weighted by molar-refractivity contribution is 7.13. The van der Waals surface area contributed by atoms with Crippen LogP contribution in [0.4, 0.5) is 0 Å². The second-order valence-corrected chi connectivity index (χ2v) is 7.54. The van der Waals surface area contributed by atoms with Gasteiger partial charge in [-0.05, 0) is 30.2 Å². The summed E-state index contributed by atoms with van der Waals surface area (Å²) in [5.41, 5.74) is 4.89. The first-order chi connectivity index (χ1) is 12.7. The maximum Gasteiger partial charge on any atom is 0.123 e. The van der Waals surface area contributed by atoms with Crippen molar-refractivity contribution in [2.45, 2.75) is 26.4 Å². The molecule has 0 spiro atoms.